The molecule has 0 aromatic rings. The minimum Gasteiger partial charge on any atom is -0.373 e. The summed E-state index contributed by atoms with van der Waals surface area (Å²) >= 11 is 0. The SMILES string of the molecule is CN(C)[C@@H]1CN(C)[C@H]2CO[C@@H]12. The van der Waals surface area contributed by atoms with E-state index in [0.717, 1.165) is 13.2 Å². The largest absolute Gasteiger partial charge is 0.373 e. The van der Waals surface area contributed by atoms with Crippen LogP contribution in [0.3, 0.4) is 0 Å². The van der Waals surface area contributed by atoms with E-state index >= 15 is 0 Å². The highest BCUT2D eigenvalue weighted by atomic mass is 16.5. The van der Waals surface area contributed by atoms with Crippen LogP contribution in [0.1, 0.15) is 0 Å². The molecule has 3 nitrogen and oxygen atoms in total. The topological polar surface area (TPSA) is 15.7 Å². The number of likely N-dealkylation sites (tertiary alicyclic amines) is 1. The minimum atomic E-state index is 0.481. The Bertz CT molecular complexity index is 160. The highest BCUT2D eigenvalue weighted by Gasteiger charge is 2.47. The summed E-state index contributed by atoms with van der Waals surface area (Å²) in [5.74, 6) is 0. The lowest BCUT2D eigenvalue weighted by molar-refractivity contribution is -0.107. The Hall–Kier alpha value is -0.120. The second-order valence-corrected chi connectivity index (χ2v) is 3.84. The highest BCUT2D eigenvalue weighted by molar-refractivity contribution is 5.02. The van der Waals surface area contributed by atoms with Crippen LogP contribution in [-0.2, 0) is 4.74 Å². The molecule has 0 radical (unpaired) electrons. The Kier molecular flexibility index (Phi) is 1.67. The van der Waals surface area contributed by atoms with Gasteiger partial charge in [0.2, 0.25) is 0 Å². The van der Waals surface area contributed by atoms with Gasteiger partial charge in [0.05, 0.1) is 18.8 Å². The van der Waals surface area contributed by atoms with Crippen LogP contribution in [0.25, 0.3) is 0 Å². The van der Waals surface area contributed by atoms with Crippen LogP contribution >= 0.6 is 0 Å². The van der Waals surface area contributed by atoms with E-state index in [9.17, 15) is 0 Å². The Labute approximate surface area is 67.9 Å². The molecule has 0 amide bonds. The van der Waals surface area contributed by atoms with E-state index in [0.29, 0.717) is 18.2 Å². The van der Waals surface area contributed by atoms with Crippen molar-refractivity contribution in [3.05, 3.63) is 0 Å². The van der Waals surface area contributed by atoms with Crippen molar-refractivity contribution in [3.8, 4) is 0 Å². The molecule has 2 aliphatic heterocycles. The van der Waals surface area contributed by atoms with Crippen LogP contribution < -0.4 is 0 Å². The van der Waals surface area contributed by atoms with Crippen LogP contribution in [-0.4, -0.2) is 62.3 Å². The van der Waals surface area contributed by atoms with Gasteiger partial charge >= 0.3 is 0 Å². The summed E-state index contributed by atoms with van der Waals surface area (Å²) in [5, 5.41) is 0. The van der Waals surface area contributed by atoms with Crippen LogP contribution in [0.5, 0.6) is 0 Å². The summed E-state index contributed by atoms with van der Waals surface area (Å²) in [5.41, 5.74) is 0. The molecular formula is C8H16N2O. The molecule has 0 aromatic heterocycles. The van der Waals surface area contributed by atoms with Gasteiger partial charge in [0, 0.05) is 12.6 Å². The third kappa shape index (κ3) is 0.991. The summed E-state index contributed by atoms with van der Waals surface area (Å²) in [6.45, 7) is 2.09. The Morgan fingerprint density at radius 2 is 2.18 bits per heavy atom. The number of ether oxygens (including phenoxy) is 1. The summed E-state index contributed by atoms with van der Waals surface area (Å²) < 4.78 is 5.52. The quantitative estimate of drug-likeness (QED) is 0.515. The first-order valence-corrected chi connectivity index (χ1v) is 4.18. The number of hydrogen-bond acceptors (Lipinski definition) is 3. The summed E-state index contributed by atoms with van der Waals surface area (Å²) in [6, 6.07) is 1.31. The van der Waals surface area contributed by atoms with E-state index in [-0.39, 0.29) is 0 Å². The van der Waals surface area contributed by atoms with Gasteiger partial charge in [0.1, 0.15) is 0 Å². The predicted molar refractivity (Wildman–Crippen MR) is 43.6 cm³/mol. The molecule has 2 heterocycles. The number of hydrogen-bond donors (Lipinski definition) is 0. The molecule has 0 spiro atoms. The second-order valence-electron chi connectivity index (χ2n) is 3.84. The maximum atomic E-state index is 5.52. The second kappa shape index (κ2) is 2.44. The number of likely N-dealkylation sites (N-methyl/N-ethyl adjacent to an activating group) is 2. The molecule has 0 saturated carbocycles. The zero-order valence-corrected chi connectivity index (χ0v) is 7.45. The predicted octanol–water partition coefficient (Wildman–Crippen LogP) is -0.371. The number of fused-ring (bicyclic) bond motifs is 1. The fourth-order valence-corrected chi connectivity index (χ4v) is 2.03. The number of rotatable bonds is 1. The van der Waals surface area contributed by atoms with Crippen molar-refractivity contribution in [1.29, 1.82) is 0 Å². The lowest BCUT2D eigenvalue weighted by Gasteiger charge is -2.37. The summed E-state index contributed by atoms with van der Waals surface area (Å²) in [4.78, 5) is 4.67. The lowest BCUT2D eigenvalue weighted by Crippen LogP contribution is -2.53. The molecule has 3 heteroatoms. The maximum absolute atomic E-state index is 5.52. The molecule has 3 atom stereocenters. The molecule has 0 aliphatic carbocycles. The molecule has 11 heavy (non-hydrogen) atoms. The van der Waals surface area contributed by atoms with Crippen molar-refractivity contribution in [2.24, 2.45) is 0 Å². The smallest absolute Gasteiger partial charge is 0.0920 e. The van der Waals surface area contributed by atoms with Gasteiger partial charge in [-0.05, 0) is 21.1 Å². The number of nitrogens with zero attached hydrogens (tertiary/aromatic N) is 2. The molecule has 0 bridgehead atoms. The van der Waals surface area contributed by atoms with Gasteiger partial charge in [-0.1, -0.05) is 0 Å². The van der Waals surface area contributed by atoms with Crippen molar-refractivity contribution in [3.63, 3.8) is 0 Å². The molecule has 2 aliphatic rings. The average molecular weight is 156 g/mol. The van der Waals surface area contributed by atoms with Crippen LogP contribution in [0.2, 0.25) is 0 Å². The van der Waals surface area contributed by atoms with Crippen LogP contribution in [0, 0.1) is 0 Å². The van der Waals surface area contributed by atoms with E-state index in [4.69, 9.17) is 4.74 Å². The van der Waals surface area contributed by atoms with Gasteiger partial charge < -0.3 is 9.64 Å². The summed E-state index contributed by atoms with van der Waals surface area (Å²) in [7, 11) is 6.44. The van der Waals surface area contributed by atoms with E-state index < -0.39 is 0 Å². The molecule has 0 unspecified atom stereocenters. The molecule has 2 rings (SSSR count). The molecule has 2 saturated heterocycles. The molecule has 0 N–H and O–H groups in total. The van der Waals surface area contributed by atoms with Gasteiger partial charge in [0.25, 0.3) is 0 Å². The van der Waals surface area contributed by atoms with Gasteiger partial charge in [0.15, 0.2) is 0 Å². The molecule has 0 aromatic carbocycles. The fraction of sp³-hybridized carbons (Fsp3) is 1.00. The molecule has 64 valence electrons. The maximum Gasteiger partial charge on any atom is 0.0920 e. The van der Waals surface area contributed by atoms with Gasteiger partial charge in [-0.25, -0.2) is 0 Å². The van der Waals surface area contributed by atoms with Crippen LogP contribution in [0.15, 0.2) is 0 Å². The third-order valence-electron chi connectivity index (χ3n) is 2.92. The van der Waals surface area contributed by atoms with Gasteiger partial charge in [-0.2, -0.15) is 0 Å². The minimum absolute atomic E-state index is 0.481. The van der Waals surface area contributed by atoms with Crippen molar-refractivity contribution < 1.29 is 4.74 Å². The third-order valence-corrected chi connectivity index (χ3v) is 2.92. The zero-order valence-electron chi connectivity index (χ0n) is 7.45. The first-order chi connectivity index (χ1) is 5.20. The molecular weight excluding hydrogens is 140 g/mol. The fourth-order valence-electron chi connectivity index (χ4n) is 2.03. The van der Waals surface area contributed by atoms with Crippen molar-refractivity contribution in [2.75, 3.05) is 34.3 Å². The van der Waals surface area contributed by atoms with Crippen LogP contribution in [0.4, 0.5) is 0 Å². The first-order valence-electron chi connectivity index (χ1n) is 4.18. The van der Waals surface area contributed by atoms with E-state index in [2.05, 4.69) is 30.9 Å². The average Bonchev–Trinajstić information content (AvgIpc) is 2.02. The molecule has 2 fully saturated rings. The lowest BCUT2D eigenvalue weighted by atomic mass is 10.0. The standard InChI is InChI=1S/C8H16N2O/c1-9(2)6-4-10(3)7-5-11-8(6)7/h6-8H,4-5H2,1-3H3/t6-,7+,8+/m1/s1. The van der Waals surface area contributed by atoms with Gasteiger partial charge in [-0.3, -0.25) is 4.90 Å². The van der Waals surface area contributed by atoms with E-state index in [1.807, 2.05) is 0 Å². The van der Waals surface area contributed by atoms with E-state index in [1.54, 1.807) is 0 Å². The van der Waals surface area contributed by atoms with Gasteiger partial charge in [-0.15, -0.1) is 0 Å². The normalized spacial score (nSPS) is 44.2. The first kappa shape index (κ1) is 7.53. The van der Waals surface area contributed by atoms with Crippen molar-refractivity contribution in [1.82, 2.24) is 9.80 Å². The van der Waals surface area contributed by atoms with Crippen molar-refractivity contribution >= 4 is 0 Å². The Morgan fingerprint density at radius 3 is 2.45 bits per heavy atom. The van der Waals surface area contributed by atoms with Crippen molar-refractivity contribution in [2.45, 2.75) is 18.2 Å². The summed E-state index contributed by atoms with van der Waals surface area (Å²) in [6.07, 6.45) is 0.481. The highest BCUT2D eigenvalue weighted by Crippen LogP contribution is 2.30. The monoisotopic (exact) mass is 156 g/mol. The Balaban J connectivity index is 2.04. The Morgan fingerprint density at radius 1 is 1.45 bits per heavy atom. The van der Waals surface area contributed by atoms with E-state index in [1.165, 1.54) is 0 Å². The zero-order chi connectivity index (χ0) is 8.01.